The van der Waals surface area contributed by atoms with Gasteiger partial charge < -0.3 is 9.62 Å². The van der Waals surface area contributed by atoms with Crippen molar-refractivity contribution in [3.05, 3.63) is 35.3 Å². The molecule has 0 aliphatic heterocycles. The van der Waals surface area contributed by atoms with Crippen molar-refractivity contribution in [1.82, 2.24) is 0 Å². The number of rotatable bonds is 2. The van der Waals surface area contributed by atoms with Gasteiger partial charge in [0.1, 0.15) is 17.1 Å². The second-order valence-corrected chi connectivity index (χ2v) is 3.60. The molecule has 0 saturated carbocycles. The van der Waals surface area contributed by atoms with Crippen LogP contribution in [-0.4, -0.2) is 10.9 Å². The molecule has 0 spiro atoms. The molecule has 4 heteroatoms. The molecule has 0 amide bonds. The molecule has 2 rings (SSSR count). The fourth-order valence-electron chi connectivity index (χ4n) is 1.75. The lowest BCUT2D eigenvalue weighted by atomic mass is 10.1. The molecule has 16 heavy (non-hydrogen) atoms. The fraction of sp³-hybridized carbons (Fsp3) is 0.250. The van der Waals surface area contributed by atoms with Crippen LogP contribution in [0.25, 0.3) is 11.0 Å². The second kappa shape index (κ2) is 3.96. The zero-order valence-electron chi connectivity index (χ0n) is 9.12. The smallest absolute Gasteiger partial charge is 0.155 e. The van der Waals surface area contributed by atoms with Gasteiger partial charge >= 0.3 is 0 Å². The quantitative estimate of drug-likeness (QED) is 0.479. The van der Waals surface area contributed by atoms with Crippen LogP contribution in [0.2, 0.25) is 0 Å². The van der Waals surface area contributed by atoms with E-state index in [1.54, 1.807) is 6.07 Å². The standard InChI is InChI=1S/C12H12FNO2/c1-3-10(14-15)12-7(2)9-6-8(13)4-5-11(9)16-12/h4-6,15H,3H2,1-2H3/b14-10+. The third kappa shape index (κ3) is 1.56. The van der Waals surface area contributed by atoms with Crippen molar-refractivity contribution in [3.63, 3.8) is 0 Å². The molecule has 1 N–H and O–H groups in total. The van der Waals surface area contributed by atoms with Gasteiger partial charge in [0.05, 0.1) is 0 Å². The largest absolute Gasteiger partial charge is 0.454 e. The van der Waals surface area contributed by atoms with E-state index in [9.17, 15) is 4.39 Å². The average molecular weight is 221 g/mol. The van der Waals surface area contributed by atoms with Crippen LogP contribution in [0.3, 0.4) is 0 Å². The molecular formula is C12H12FNO2. The highest BCUT2D eigenvalue weighted by Gasteiger charge is 2.15. The molecule has 0 fully saturated rings. The summed E-state index contributed by atoms with van der Waals surface area (Å²) in [5.41, 5.74) is 1.86. The summed E-state index contributed by atoms with van der Waals surface area (Å²) < 4.78 is 18.6. The number of aryl methyl sites for hydroxylation is 1. The number of halogens is 1. The van der Waals surface area contributed by atoms with Crippen LogP contribution in [0.1, 0.15) is 24.7 Å². The normalized spacial score (nSPS) is 12.3. The summed E-state index contributed by atoms with van der Waals surface area (Å²) in [6, 6.07) is 4.34. The molecule has 84 valence electrons. The van der Waals surface area contributed by atoms with E-state index in [0.29, 0.717) is 28.9 Å². The molecule has 0 atom stereocenters. The van der Waals surface area contributed by atoms with Gasteiger partial charge in [-0.15, -0.1) is 0 Å². The Kier molecular flexibility index (Phi) is 2.64. The Bertz CT molecular complexity index is 557. The second-order valence-electron chi connectivity index (χ2n) is 3.60. The van der Waals surface area contributed by atoms with Crippen LogP contribution in [0, 0.1) is 12.7 Å². The van der Waals surface area contributed by atoms with Gasteiger partial charge in [-0.3, -0.25) is 0 Å². The fourth-order valence-corrected chi connectivity index (χ4v) is 1.75. The molecule has 0 aliphatic rings. The van der Waals surface area contributed by atoms with Gasteiger partial charge in [-0.05, 0) is 31.5 Å². The number of furan rings is 1. The highest BCUT2D eigenvalue weighted by atomic mass is 19.1. The summed E-state index contributed by atoms with van der Waals surface area (Å²) in [5.74, 6) is 0.215. The third-order valence-electron chi connectivity index (χ3n) is 2.62. The van der Waals surface area contributed by atoms with Gasteiger partial charge in [-0.25, -0.2) is 4.39 Å². The van der Waals surface area contributed by atoms with E-state index in [-0.39, 0.29) is 5.82 Å². The minimum Gasteiger partial charge on any atom is -0.454 e. The van der Waals surface area contributed by atoms with Gasteiger partial charge in [-0.2, -0.15) is 0 Å². The predicted molar refractivity (Wildman–Crippen MR) is 59.5 cm³/mol. The first-order valence-corrected chi connectivity index (χ1v) is 5.07. The van der Waals surface area contributed by atoms with Gasteiger partial charge in [0.25, 0.3) is 0 Å². The molecule has 1 heterocycles. The van der Waals surface area contributed by atoms with E-state index >= 15 is 0 Å². The van der Waals surface area contributed by atoms with Gasteiger partial charge in [0, 0.05) is 10.9 Å². The van der Waals surface area contributed by atoms with Crippen LogP contribution in [0.4, 0.5) is 4.39 Å². The van der Waals surface area contributed by atoms with E-state index < -0.39 is 0 Å². The van der Waals surface area contributed by atoms with E-state index in [4.69, 9.17) is 9.62 Å². The van der Waals surface area contributed by atoms with Crippen molar-refractivity contribution in [2.24, 2.45) is 5.16 Å². The lowest BCUT2D eigenvalue weighted by molar-refractivity contribution is 0.317. The molecule has 2 aromatic rings. The van der Waals surface area contributed by atoms with E-state index in [1.165, 1.54) is 12.1 Å². The van der Waals surface area contributed by atoms with Crippen molar-refractivity contribution in [3.8, 4) is 0 Å². The number of oxime groups is 1. The Hall–Kier alpha value is -1.84. The van der Waals surface area contributed by atoms with E-state index in [2.05, 4.69) is 5.16 Å². The molecule has 0 radical (unpaired) electrons. The van der Waals surface area contributed by atoms with Crippen LogP contribution < -0.4 is 0 Å². The number of hydrogen-bond acceptors (Lipinski definition) is 3. The van der Waals surface area contributed by atoms with Crippen LogP contribution >= 0.6 is 0 Å². The number of hydrogen-bond donors (Lipinski definition) is 1. The number of fused-ring (bicyclic) bond motifs is 1. The monoisotopic (exact) mass is 221 g/mol. The Morgan fingerprint density at radius 3 is 2.88 bits per heavy atom. The summed E-state index contributed by atoms with van der Waals surface area (Å²) in [6.45, 7) is 3.68. The van der Waals surface area contributed by atoms with Crippen molar-refractivity contribution in [1.29, 1.82) is 0 Å². The summed E-state index contributed by atoms with van der Waals surface area (Å²) in [6.07, 6.45) is 0.555. The Morgan fingerprint density at radius 1 is 1.50 bits per heavy atom. The molecule has 1 aromatic heterocycles. The van der Waals surface area contributed by atoms with Crippen LogP contribution in [-0.2, 0) is 0 Å². The minimum absolute atomic E-state index is 0.304. The molecule has 1 aromatic carbocycles. The van der Waals surface area contributed by atoms with Crippen molar-refractivity contribution in [2.75, 3.05) is 0 Å². The van der Waals surface area contributed by atoms with Gasteiger partial charge in [0.15, 0.2) is 5.76 Å². The summed E-state index contributed by atoms with van der Waals surface area (Å²) in [4.78, 5) is 0. The third-order valence-corrected chi connectivity index (χ3v) is 2.62. The Balaban J connectivity index is 2.69. The van der Waals surface area contributed by atoms with Crippen molar-refractivity contribution >= 4 is 16.7 Å². The maximum atomic E-state index is 13.1. The molecule has 0 aliphatic carbocycles. The number of nitrogens with zero attached hydrogens (tertiary/aromatic N) is 1. The van der Waals surface area contributed by atoms with Gasteiger partial charge in [0.2, 0.25) is 0 Å². The first-order chi connectivity index (χ1) is 7.67. The SMILES string of the molecule is CC/C(=N\O)c1oc2ccc(F)cc2c1C. The van der Waals surface area contributed by atoms with Crippen molar-refractivity contribution < 1.29 is 14.0 Å². The molecular weight excluding hydrogens is 209 g/mol. The van der Waals surface area contributed by atoms with Crippen LogP contribution in [0.5, 0.6) is 0 Å². The first-order valence-electron chi connectivity index (χ1n) is 5.07. The molecule has 0 bridgehead atoms. The maximum absolute atomic E-state index is 13.1. The average Bonchev–Trinajstić information content (AvgIpc) is 2.59. The predicted octanol–water partition coefficient (Wildman–Crippen LogP) is 3.47. The van der Waals surface area contributed by atoms with Crippen LogP contribution in [0.15, 0.2) is 27.8 Å². The zero-order valence-corrected chi connectivity index (χ0v) is 9.12. The highest BCUT2D eigenvalue weighted by Crippen LogP contribution is 2.26. The zero-order chi connectivity index (χ0) is 11.7. The maximum Gasteiger partial charge on any atom is 0.155 e. The number of benzene rings is 1. The topological polar surface area (TPSA) is 45.7 Å². The summed E-state index contributed by atoms with van der Waals surface area (Å²) in [5, 5.41) is 12.7. The van der Waals surface area contributed by atoms with E-state index in [1.807, 2.05) is 13.8 Å². The minimum atomic E-state index is -0.304. The first kappa shape index (κ1) is 10.7. The van der Waals surface area contributed by atoms with Crippen molar-refractivity contribution in [2.45, 2.75) is 20.3 Å². The Morgan fingerprint density at radius 2 is 2.25 bits per heavy atom. The van der Waals surface area contributed by atoms with Gasteiger partial charge in [-0.1, -0.05) is 12.1 Å². The highest BCUT2D eigenvalue weighted by molar-refractivity contribution is 6.03. The Labute approximate surface area is 92.2 Å². The molecule has 0 unspecified atom stereocenters. The molecule has 0 saturated heterocycles. The summed E-state index contributed by atoms with van der Waals surface area (Å²) in [7, 11) is 0. The lowest BCUT2D eigenvalue weighted by Crippen LogP contribution is -1.98. The van der Waals surface area contributed by atoms with E-state index in [0.717, 1.165) is 5.56 Å². The lowest BCUT2D eigenvalue weighted by Gasteiger charge is -1.96. The summed E-state index contributed by atoms with van der Waals surface area (Å²) >= 11 is 0. The molecule has 3 nitrogen and oxygen atoms in total.